The molecule has 3 unspecified atom stereocenters. The summed E-state index contributed by atoms with van der Waals surface area (Å²) in [7, 11) is 0. The molecule has 0 amide bonds. The molecule has 3 heterocycles. The van der Waals surface area contributed by atoms with Crippen molar-refractivity contribution in [3.63, 3.8) is 0 Å². The van der Waals surface area contributed by atoms with Crippen LogP contribution in [0.3, 0.4) is 0 Å². The second-order valence-electron chi connectivity index (χ2n) is 10.1. The summed E-state index contributed by atoms with van der Waals surface area (Å²) in [6.07, 6.45) is -18.1. The van der Waals surface area contributed by atoms with Gasteiger partial charge in [0.2, 0.25) is 0 Å². The Hall–Kier alpha value is -0.760. The number of hydrogen-bond donors (Lipinski definition) is 13. The molecule has 16 atom stereocenters. The van der Waals surface area contributed by atoms with Gasteiger partial charge in [-0.3, -0.25) is 0 Å². The Morgan fingerprint density at radius 1 is 0.825 bits per heavy atom. The van der Waals surface area contributed by atoms with Gasteiger partial charge < -0.3 is 86.8 Å². The molecule has 0 aromatic rings. The number of aliphatic hydroxyl groups is 9. The van der Waals surface area contributed by atoms with E-state index < -0.39 is 117 Å². The van der Waals surface area contributed by atoms with Crippen LogP contribution in [-0.4, -0.2) is 168 Å². The van der Waals surface area contributed by atoms with Gasteiger partial charge in [0.25, 0.3) is 5.79 Å². The fourth-order valence-electron chi connectivity index (χ4n) is 5.14. The van der Waals surface area contributed by atoms with Gasteiger partial charge in [-0.05, 0) is 6.42 Å². The van der Waals surface area contributed by atoms with Gasteiger partial charge in [-0.2, -0.15) is 4.89 Å². The highest BCUT2D eigenvalue weighted by Crippen LogP contribution is 2.42. The van der Waals surface area contributed by atoms with Gasteiger partial charge in [0, 0.05) is 0 Å². The molecule has 236 valence electrons. The van der Waals surface area contributed by atoms with E-state index in [1.807, 2.05) is 0 Å². The van der Waals surface area contributed by atoms with E-state index >= 15 is 0 Å². The lowest BCUT2D eigenvalue weighted by Gasteiger charge is -2.55. The standard InChI is InChI=1S/C21H41N3O16/c1-2-8(28)20(5-27)21(33,40-34)16(31)11(24)19(39-20)38-15-7(4-26)36-18(10(23)13(15)30)37-14-6(3-25)35-17(32)9(22)12(14)29/h6-19,25-34H,2-5,22-24H2,1H3/t6-,7-,8?,9-,10-,11-,12-,13-,14?,15?,16-,17-,18+,19+,20-,21+/m1/s1. The lowest BCUT2D eigenvalue weighted by Crippen LogP contribution is -2.80. The van der Waals surface area contributed by atoms with Gasteiger partial charge in [-0.1, -0.05) is 6.92 Å². The SMILES string of the molecule is CCC(O)[C@@]1(CO)O[C@H](OC2[C@@H](CO)O[C@@H](OC3[C@@H](CO)O[C@@H](O)[C@H](N)[C@H]3O)[C@H](N)[C@H]2O)[C@H](N)[C@@H](O)[C@]1(O)OO. The van der Waals surface area contributed by atoms with Crippen LogP contribution in [0.25, 0.3) is 0 Å². The Kier molecular flexibility index (Phi) is 11.2. The maximum Gasteiger partial charge on any atom is 0.261 e. The van der Waals surface area contributed by atoms with Crippen LogP contribution in [0.2, 0.25) is 0 Å². The van der Waals surface area contributed by atoms with Crippen LogP contribution < -0.4 is 17.2 Å². The van der Waals surface area contributed by atoms with Gasteiger partial charge in [-0.25, -0.2) is 5.26 Å². The Balaban J connectivity index is 1.83. The van der Waals surface area contributed by atoms with Gasteiger partial charge in [0.15, 0.2) is 24.5 Å². The third-order valence-corrected chi connectivity index (χ3v) is 7.72. The van der Waals surface area contributed by atoms with Gasteiger partial charge in [0.05, 0.1) is 44.1 Å². The van der Waals surface area contributed by atoms with E-state index in [0.717, 1.165) is 0 Å². The molecule has 3 aliphatic heterocycles. The first-order chi connectivity index (χ1) is 18.8. The zero-order valence-corrected chi connectivity index (χ0v) is 21.6. The molecule has 19 nitrogen and oxygen atoms in total. The van der Waals surface area contributed by atoms with Crippen LogP contribution in [-0.2, 0) is 28.6 Å². The highest BCUT2D eigenvalue weighted by atomic mass is 17.1. The highest BCUT2D eigenvalue weighted by molar-refractivity contribution is 5.10. The lowest BCUT2D eigenvalue weighted by molar-refractivity contribution is -0.505. The van der Waals surface area contributed by atoms with Crippen molar-refractivity contribution in [2.24, 2.45) is 17.2 Å². The fourth-order valence-corrected chi connectivity index (χ4v) is 5.14. The number of ether oxygens (including phenoxy) is 5. The molecule has 3 fully saturated rings. The van der Waals surface area contributed by atoms with Crippen LogP contribution >= 0.6 is 0 Å². The van der Waals surface area contributed by atoms with Gasteiger partial charge >= 0.3 is 0 Å². The van der Waals surface area contributed by atoms with E-state index in [-0.39, 0.29) is 6.42 Å². The van der Waals surface area contributed by atoms with Crippen LogP contribution in [0.15, 0.2) is 0 Å². The quantitative estimate of drug-likeness (QED) is 0.0637. The van der Waals surface area contributed by atoms with Crippen LogP contribution in [0.4, 0.5) is 0 Å². The third-order valence-electron chi connectivity index (χ3n) is 7.72. The van der Waals surface area contributed by atoms with Crippen molar-refractivity contribution in [3.8, 4) is 0 Å². The molecule has 3 aliphatic rings. The molecular weight excluding hydrogens is 550 g/mol. The Morgan fingerprint density at radius 2 is 1.35 bits per heavy atom. The predicted octanol–water partition coefficient (Wildman–Crippen LogP) is -7.72. The van der Waals surface area contributed by atoms with Crippen molar-refractivity contribution in [1.82, 2.24) is 0 Å². The van der Waals surface area contributed by atoms with Crippen molar-refractivity contribution in [2.75, 3.05) is 19.8 Å². The predicted molar refractivity (Wildman–Crippen MR) is 125 cm³/mol. The molecule has 0 radical (unpaired) electrons. The Labute approximate surface area is 228 Å². The number of hydrogen-bond acceptors (Lipinski definition) is 19. The summed E-state index contributed by atoms with van der Waals surface area (Å²) in [5, 5.41) is 102. The normalized spacial score (nSPS) is 51.0. The van der Waals surface area contributed by atoms with Gasteiger partial charge in [0.1, 0.15) is 42.7 Å². The van der Waals surface area contributed by atoms with Crippen LogP contribution in [0, 0.1) is 0 Å². The lowest BCUT2D eigenvalue weighted by atomic mass is 9.78. The minimum Gasteiger partial charge on any atom is -0.394 e. The maximum atomic E-state index is 11.0. The van der Waals surface area contributed by atoms with E-state index in [9.17, 15) is 51.2 Å². The van der Waals surface area contributed by atoms with E-state index in [2.05, 4.69) is 4.89 Å². The zero-order valence-electron chi connectivity index (χ0n) is 21.6. The zero-order chi connectivity index (χ0) is 30.2. The maximum absolute atomic E-state index is 11.0. The smallest absolute Gasteiger partial charge is 0.261 e. The van der Waals surface area contributed by atoms with Crippen molar-refractivity contribution in [3.05, 3.63) is 0 Å². The third kappa shape index (κ3) is 5.63. The summed E-state index contributed by atoms with van der Waals surface area (Å²) in [6.45, 7) is -1.30. The average Bonchev–Trinajstić information content (AvgIpc) is 2.96. The molecule has 3 rings (SSSR count). The first-order valence-corrected chi connectivity index (χ1v) is 12.6. The minimum atomic E-state index is -3.12. The first-order valence-electron chi connectivity index (χ1n) is 12.6. The number of nitrogens with two attached hydrogens (primary N) is 3. The average molecular weight is 592 g/mol. The van der Waals surface area contributed by atoms with E-state index in [4.69, 9.17) is 40.9 Å². The van der Waals surface area contributed by atoms with E-state index in [0.29, 0.717) is 0 Å². The monoisotopic (exact) mass is 591 g/mol. The summed E-state index contributed by atoms with van der Waals surface area (Å²) in [5.74, 6) is -3.12. The first kappa shape index (κ1) is 33.7. The minimum absolute atomic E-state index is 0.175. The fraction of sp³-hybridized carbons (Fsp3) is 1.00. The molecule has 0 spiro atoms. The number of rotatable bonds is 10. The van der Waals surface area contributed by atoms with Crippen molar-refractivity contribution >= 4 is 0 Å². The van der Waals surface area contributed by atoms with Crippen molar-refractivity contribution < 1.29 is 79.8 Å². The molecule has 0 bridgehead atoms. The number of aliphatic hydroxyl groups excluding tert-OH is 8. The van der Waals surface area contributed by atoms with E-state index in [1.54, 1.807) is 0 Å². The Bertz CT molecular complexity index is 816. The summed E-state index contributed by atoms with van der Waals surface area (Å²) >= 11 is 0. The van der Waals surface area contributed by atoms with Gasteiger partial charge in [-0.15, -0.1) is 0 Å². The summed E-state index contributed by atoms with van der Waals surface area (Å²) in [4.78, 5) is 4.04. The molecule has 0 aromatic heterocycles. The summed E-state index contributed by atoms with van der Waals surface area (Å²) < 4.78 is 27.7. The van der Waals surface area contributed by atoms with Crippen molar-refractivity contribution in [2.45, 2.75) is 111 Å². The second kappa shape index (κ2) is 13.3. The summed E-state index contributed by atoms with van der Waals surface area (Å²) in [6, 6.07) is -4.52. The molecular formula is C21H41N3O16. The highest BCUT2D eigenvalue weighted by Gasteiger charge is 2.69. The molecule has 19 heteroatoms. The van der Waals surface area contributed by atoms with Crippen LogP contribution in [0.1, 0.15) is 13.3 Å². The molecule has 40 heavy (non-hydrogen) atoms. The van der Waals surface area contributed by atoms with Crippen LogP contribution in [0.5, 0.6) is 0 Å². The second-order valence-corrected chi connectivity index (χ2v) is 10.1. The molecule has 16 N–H and O–H groups in total. The topological polar surface area (TPSA) is 336 Å². The summed E-state index contributed by atoms with van der Waals surface area (Å²) in [5.41, 5.74) is 15.1. The molecule has 3 saturated heterocycles. The largest absolute Gasteiger partial charge is 0.394 e. The Morgan fingerprint density at radius 3 is 1.85 bits per heavy atom. The van der Waals surface area contributed by atoms with E-state index in [1.165, 1.54) is 6.92 Å². The molecule has 0 aliphatic carbocycles. The molecule has 0 aromatic carbocycles. The van der Waals surface area contributed by atoms with Crippen molar-refractivity contribution in [1.29, 1.82) is 0 Å². The molecule has 0 saturated carbocycles.